The number of nitrogens with one attached hydrogen (secondary N) is 2. The molecule has 1 aliphatic heterocycles. The zero-order valence-electron chi connectivity index (χ0n) is 16.6. The molecule has 1 fully saturated rings. The maximum atomic E-state index is 12.1. The largest absolute Gasteiger partial charge is 0.391 e. The van der Waals surface area contributed by atoms with Crippen LogP contribution in [0.25, 0.3) is 11.2 Å². The first kappa shape index (κ1) is 23.3. The van der Waals surface area contributed by atoms with Gasteiger partial charge in [-0.2, -0.15) is 0 Å². The molecule has 3 amide bonds. The maximum absolute atomic E-state index is 12.1. The predicted octanol–water partition coefficient (Wildman–Crippen LogP) is -1.90. The molecule has 0 spiro atoms. The smallest absolute Gasteiger partial charge is 0.327 e. The third-order valence-corrected chi connectivity index (χ3v) is 4.98. The van der Waals surface area contributed by atoms with Crippen molar-refractivity contribution in [1.82, 2.24) is 24.8 Å². The highest BCUT2D eigenvalue weighted by Gasteiger charge is 2.44. The molecule has 31 heavy (non-hydrogen) atoms. The number of carbonyl (C=O) groups excluding carboxylic acids is 2. The molecule has 14 nitrogen and oxygen atoms in total. The van der Waals surface area contributed by atoms with Gasteiger partial charge in [-0.25, -0.2) is 19.7 Å². The zero-order valence-corrected chi connectivity index (χ0v) is 17.4. The van der Waals surface area contributed by atoms with Gasteiger partial charge in [0.2, 0.25) is 5.91 Å². The quantitative estimate of drug-likeness (QED) is 0.252. The van der Waals surface area contributed by atoms with Gasteiger partial charge in [-0.15, -0.1) is 0 Å². The van der Waals surface area contributed by atoms with Crippen LogP contribution in [-0.4, -0.2) is 90.1 Å². The number of aromatic nitrogens is 4. The fourth-order valence-corrected chi connectivity index (χ4v) is 3.18. The number of hydrogen-bond acceptors (Lipinski definition) is 12. The summed E-state index contributed by atoms with van der Waals surface area (Å²) in [6.45, 7) is 1.38. The molecule has 2 aromatic rings. The molecular formula is C16H23N7O7S. The molecule has 6 atom stereocenters. The second-order valence-corrected chi connectivity index (χ2v) is 7.32. The van der Waals surface area contributed by atoms with E-state index >= 15 is 0 Å². The van der Waals surface area contributed by atoms with Crippen LogP contribution < -0.4 is 16.4 Å². The summed E-state index contributed by atoms with van der Waals surface area (Å²) in [7, 11) is 0. The molecule has 0 unspecified atom stereocenters. The van der Waals surface area contributed by atoms with E-state index in [4.69, 9.17) is 14.7 Å². The van der Waals surface area contributed by atoms with Crippen LogP contribution in [0.2, 0.25) is 0 Å². The van der Waals surface area contributed by atoms with Crippen molar-refractivity contribution in [3.63, 3.8) is 0 Å². The summed E-state index contributed by atoms with van der Waals surface area (Å²) in [4.78, 5) is 36.1. The molecule has 1 aliphatic rings. The van der Waals surface area contributed by atoms with Crippen LogP contribution in [-0.2, 0) is 13.7 Å². The number of amides is 3. The third-order valence-electron chi connectivity index (χ3n) is 4.61. The first-order valence-corrected chi connectivity index (χ1v) is 10.3. The standard InChI is InChI=1S/C16H23N7O7S/c1-6(24)8(17)14(27)22-16(28)21-12-9-13(19-4-18-12)23(5-20-9)15-11(26)10(25)7(30-15)3-29-31-2/h4-8,10-11,15,24-26H,3,17H2,1-2H3,(H2,18,19,21,22,27,28)/t6-,7-,8+,10-,11-,15-/m1/s1. The summed E-state index contributed by atoms with van der Waals surface area (Å²) in [6, 6.07) is -2.22. The molecule has 170 valence electrons. The molecule has 0 bridgehead atoms. The van der Waals surface area contributed by atoms with Gasteiger partial charge < -0.3 is 30.0 Å². The monoisotopic (exact) mass is 457 g/mol. The van der Waals surface area contributed by atoms with E-state index in [0.29, 0.717) is 0 Å². The van der Waals surface area contributed by atoms with Gasteiger partial charge >= 0.3 is 6.03 Å². The van der Waals surface area contributed by atoms with Crippen LogP contribution in [0.15, 0.2) is 12.7 Å². The zero-order chi connectivity index (χ0) is 22.7. The Morgan fingerprint density at radius 1 is 1.35 bits per heavy atom. The van der Waals surface area contributed by atoms with E-state index in [-0.39, 0.29) is 23.6 Å². The average Bonchev–Trinajstić information content (AvgIpc) is 3.28. The lowest BCUT2D eigenvalue weighted by atomic mass is 10.1. The Hall–Kier alpha value is -2.40. The van der Waals surface area contributed by atoms with Crippen LogP contribution in [0.3, 0.4) is 0 Å². The van der Waals surface area contributed by atoms with Crippen LogP contribution >= 0.6 is 12.0 Å². The van der Waals surface area contributed by atoms with Crippen molar-refractivity contribution >= 4 is 41.0 Å². The Labute approximate surface area is 180 Å². The summed E-state index contributed by atoms with van der Waals surface area (Å²) in [6.07, 6.45) is -1.21. The molecule has 0 aliphatic carbocycles. The van der Waals surface area contributed by atoms with Crippen molar-refractivity contribution in [2.75, 3.05) is 18.2 Å². The molecule has 0 aromatic carbocycles. The van der Waals surface area contributed by atoms with Gasteiger partial charge in [-0.3, -0.25) is 20.0 Å². The fraction of sp³-hybridized carbons (Fsp3) is 0.562. The molecule has 7 N–H and O–H groups in total. The van der Waals surface area contributed by atoms with Gasteiger partial charge in [0, 0.05) is 6.26 Å². The molecule has 2 aromatic heterocycles. The number of aliphatic hydroxyl groups is 3. The normalized spacial score (nSPS) is 25.4. The predicted molar refractivity (Wildman–Crippen MR) is 108 cm³/mol. The summed E-state index contributed by atoms with van der Waals surface area (Å²) in [5.41, 5.74) is 5.84. The first-order chi connectivity index (χ1) is 14.7. The Bertz CT molecular complexity index is 942. The van der Waals surface area contributed by atoms with E-state index in [2.05, 4.69) is 20.3 Å². The maximum Gasteiger partial charge on any atom is 0.327 e. The Kier molecular flexibility index (Phi) is 7.37. The van der Waals surface area contributed by atoms with E-state index < -0.39 is 48.6 Å². The number of aliphatic hydroxyl groups excluding tert-OH is 3. The minimum Gasteiger partial charge on any atom is -0.391 e. The van der Waals surface area contributed by atoms with Gasteiger partial charge in [0.25, 0.3) is 0 Å². The van der Waals surface area contributed by atoms with Crippen molar-refractivity contribution in [3.05, 3.63) is 12.7 Å². The number of imide groups is 1. The number of urea groups is 1. The first-order valence-electron chi connectivity index (χ1n) is 9.14. The van der Waals surface area contributed by atoms with E-state index in [1.165, 1.54) is 17.8 Å². The van der Waals surface area contributed by atoms with Crippen LogP contribution in [0.4, 0.5) is 10.6 Å². The second kappa shape index (κ2) is 9.82. The number of nitrogens with two attached hydrogens (primary N) is 1. The van der Waals surface area contributed by atoms with E-state index in [0.717, 1.165) is 18.4 Å². The SMILES string of the molecule is CSOC[C@H]1O[C@@H](n2cnc3c(NC(=O)NC(=O)[C@@H](N)[C@@H](C)O)ncnc32)[C@H](O)[C@@H]1O. The number of fused-ring (bicyclic) bond motifs is 1. The summed E-state index contributed by atoms with van der Waals surface area (Å²) in [5.74, 6) is -0.895. The number of imidazole rings is 1. The van der Waals surface area contributed by atoms with Crippen LogP contribution in [0.1, 0.15) is 13.2 Å². The van der Waals surface area contributed by atoms with Crippen molar-refractivity contribution < 1.29 is 33.8 Å². The summed E-state index contributed by atoms with van der Waals surface area (Å²) >= 11 is 1.10. The van der Waals surface area contributed by atoms with Crippen molar-refractivity contribution in [2.24, 2.45) is 5.73 Å². The van der Waals surface area contributed by atoms with Gasteiger partial charge in [-0.05, 0) is 19.0 Å². The number of carbonyl (C=O) groups is 2. The fourth-order valence-electron chi connectivity index (χ4n) is 2.91. The molecule has 0 radical (unpaired) electrons. The average molecular weight is 457 g/mol. The van der Waals surface area contributed by atoms with Gasteiger partial charge in [0.1, 0.15) is 30.7 Å². The van der Waals surface area contributed by atoms with Crippen LogP contribution in [0.5, 0.6) is 0 Å². The number of rotatable bonds is 7. The number of ether oxygens (including phenoxy) is 1. The number of hydrogen-bond donors (Lipinski definition) is 6. The summed E-state index contributed by atoms with van der Waals surface area (Å²) < 4.78 is 12.3. The van der Waals surface area contributed by atoms with E-state index in [9.17, 15) is 24.9 Å². The Balaban J connectivity index is 1.77. The highest BCUT2D eigenvalue weighted by Crippen LogP contribution is 2.32. The summed E-state index contributed by atoms with van der Waals surface area (Å²) in [5, 5.41) is 34.3. The van der Waals surface area contributed by atoms with Gasteiger partial charge in [-0.1, -0.05) is 0 Å². The van der Waals surface area contributed by atoms with Crippen LogP contribution in [0, 0.1) is 0 Å². The molecule has 0 saturated carbocycles. The lowest BCUT2D eigenvalue weighted by molar-refractivity contribution is -0.123. The topological polar surface area (TPSA) is 207 Å². The highest BCUT2D eigenvalue weighted by atomic mass is 32.2. The minimum atomic E-state index is -1.29. The molecule has 3 rings (SSSR count). The van der Waals surface area contributed by atoms with E-state index in [1.54, 1.807) is 6.26 Å². The lowest BCUT2D eigenvalue weighted by Crippen LogP contribution is -2.50. The van der Waals surface area contributed by atoms with E-state index in [1.807, 2.05) is 5.32 Å². The third kappa shape index (κ3) is 4.93. The Morgan fingerprint density at radius 3 is 2.77 bits per heavy atom. The van der Waals surface area contributed by atoms with Crippen molar-refractivity contribution in [3.8, 4) is 0 Å². The van der Waals surface area contributed by atoms with Gasteiger partial charge in [0.15, 0.2) is 23.2 Å². The molecule has 1 saturated heterocycles. The van der Waals surface area contributed by atoms with Crippen molar-refractivity contribution in [1.29, 1.82) is 0 Å². The number of anilines is 1. The molecule has 15 heteroatoms. The molecular weight excluding hydrogens is 434 g/mol. The minimum absolute atomic E-state index is 0.0185. The lowest BCUT2D eigenvalue weighted by Gasteiger charge is -2.16. The number of nitrogens with zero attached hydrogens (tertiary/aromatic N) is 4. The molecule has 3 heterocycles. The second-order valence-electron chi connectivity index (χ2n) is 6.75. The van der Waals surface area contributed by atoms with Gasteiger partial charge in [0.05, 0.1) is 19.0 Å². The Morgan fingerprint density at radius 2 is 2.10 bits per heavy atom. The highest BCUT2D eigenvalue weighted by molar-refractivity contribution is 7.93. The van der Waals surface area contributed by atoms with Crippen molar-refractivity contribution in [2.45, 2.75) is 43.6 Å².